The molecule has 1 fully saturated rings. The number of fused-ring (bicyclic) bond motifs is 1. The Labute approximate surface area is 167 Å². The number of halogens is 1. The van der Waals surface area contributed by atoms with Crippen molar-refractivity contribution >= 4 is 34.9 Å². The molecule has 2 aromatic heterocycles. The van der Waals surface area contributed by atoms with E-state index in [9.17, 15) is 24.0 Å². The first-order valence-corrected chi connectivity index (χ1v) is 9.15. The fourth-order valence-electron chi connectivity index (χ4n) is 3.48. The fraction of sp³-hybridized carbons (Fsp3) is 0.294. The molecule has 4 rings (SSSR count). The number of rotatable bonds is 5. The lowest BCUT2D eigenvalue weighted by Crippen LogP contribution is -2.59. The van der Waals surface area contributed by atoms with Crippen LogP contribution in [0.15, 0.2) is 43.0 Å². The Balaban J connectivity index is 2.05. The number of carbonyl (C=O) groups is 1. The smallest absolute Gasteiger partial charge is 0.257 e. The van der Waals surface area contributed by atoms with E-state index in [0.29, 0.717) is 0 Å². The predicted molar refractivity (Wildman–Crippen MR) is 100 cm³/mol. The Morgan fingerprint density at radius 1 is 1.31 bits per heavy atom. The van der Waals surface area contributed by atoms with Gasteiger partial charge in [0.15, 0.2) is 11.5 Å². The summed E-state index contributed by atoms with van der Waals surface area (Å²) in [5, 5.41) is 31.3. The van der Waals surface area contributed by atoms with Gasteiger partial charge in [-0.2, -0.15) is 3.89 Å². The van der Waals surface area contributed by atoms with Crippen molar-refractivity contribution in [1.82, 2.24) is 19.5 Å². The molecule has 0 amide bonds. The Kier molecular flexibility index (Phi) is 4.75. The van der Waals surface area contributed by atoms with Crippen LogP contribution < -0.4 is 5.73 Å². The monoisotopic (exact) mass is 421 g/mol. The van der Waals surface area contributed by atoms with Gasteiger partial charge in [0.2, 0.25) is 10.7 Å². The van der Waals surface area contributed by atoms with Crippen LogP contribution in [0.4, 0.5) is 9.70 Å². The number of benzene rings is 1. The topological polar surface area (TPSA) is 157 Å². The highest BCUT2D eigenvalue weighted by atomic mass is 32.2. The van der Waals surface area contributed by atoms with E-state index >= 15 is 0 Å². The van der Waals surface area contributed by atoms with Crippen molar-refractivity contribution in [2.75, 3.05) is 12.3 Å². The Hall–Kier alpha value is -2.64. The fourth-order valence-corrected chi connectivity index (χ4v) is 4.07. The first-order chi connectivity index (χ1) is 13.9. The molecule has 152 valence electrons. The SMILES string of the molecule is Nc1ncnc2c1ncn2[C@]1(C(=O)c2ccccc2)O[C@H](CO)[C@@H](O)[C@]1(O)SF. The summed E-state index contributed by atoms with van der Waals surface area (Å²) in [7, 11) is 0. The molecule has 0 bridgehead atoms. The van der Waals surface area contributed by atoms with Gasteiger partial charge in [-0.15, -0.1) is 0 Å². The first kappa shape index (κ1) is 19.7. The van der Waals surface area contributed by atoms with Crippen LogP contribution in [-0.2, 0) is 10.5 Å². The molecule has 1 aliphatic rings. The number of ether oxygens (including phenoxy) is 1. The molecule has 3 aromatic rings. The average Bonchev–Trinajstić information content (AvgIpc) is 3.28. The van der Waals surface area contributed by atoms with E-state index in [1.165, 1.54) is 12.1 Å². The number of ketones is 1. The van der Waals surface area contributed by atoms with Crippen molar-refractivity contribution in [3.05, 3.63) is 48.5 Å². The van der Waals surface area contributed by atoms with Crippen molar-refractivity contribution in [3.8, 4) is 0 Å². The number of nitrogens with zero attached hydrogens (tertiary/aromatic N) is 4. The zero-order valence-corrected chi connectivity index (χ0v) is 15.5. The van der Waals surface area contributed by atoms with Gasteiger partial charge in [0, 0.05) is 5.56 Å². The third-order valence-corrected chi connectivity index (χ3v) is 5.66. The number of hydrogen-bond donors (Lipinski definition) is 4. The molecular formula is C17H16FN5O5S. The number of hydrogen-bond acceptors (Lipinski definition) is 10. The predicted octanol–water partition coefficient (Wildman–Crippen LogP) is 0.00250. The Morgan fingerprint density at radius 3 is 2.69 bits per heavy atom. The van der Waals surface area contributed by atoms with Crippen molar-refractivity contribution in [2.45, 2.75) is 22.9 Å². The minimum atomic E-state index is -2.83. The number of Topliss-reactive ketones (excluding diaryl/α,β-unsaturated/α-hetero) is 1. The summed E-state index contributed by atoms with van der Waals surface area (Å²) in [6, 6.07) is 7.70. The van der Waals surface area contributed by atoms with Crippen molar-refractivity contribution in [3.63, 3.8) is 0 Å². The molecule has 1 aliphatic heterocycles. The van der Waals surface area contributed by atoms with E-state index < -0.39 is 47.4 Å². The summed E-state index contributed by atoms with van der Waals surface area (Å²) in [5.41, 5.74) is 3.37. The van der Waals surface area contributed by atoms with Gasteiger partial charge in [-0.05, 0) is 0 Å². The number of imidazole rings is 1. The summed E-state index contributed by atoms with van der Waals surface area (Å²) in [6.45, 7) is -0.780. The minimum Gasteiger partial charge on any atom is -0.394 e. The molecule has 1 aromatic carbocycles. The van der Waals surface area contributed by atoms with Crippen LogP contribution in [-0.4, -0.2) is 64.4 Å². The number of aromatic nitrogens is 4. The zero-order chi connectivity index (χ0) is 20.8. The van der Waals surface area contributed by atoms with Gasteiger partial charge in [-0.1, -0.05) is 30.3 Å². The molecule has 0 spiro atoms. The lowest BCUT2D eigenvalue weighted by molar-refractivity contribution is -0.124. The maximum absolute atomic E-state index is 14.2. The molecule has 0 aliphatic carbocycles. The maximum atomic E-state index is 14.2. The van der Waals surface area contributed by atoms with Crippen LogP contribution >= 0.6 is 12.1 Å². The van der Waals surface area contributed by atoms with Crippen LogP contribution in [0.5, 0.6) is 0 Å². The summed E-state index contributed by atoms with van der Waals surface area (Å²) >= 11 is -0.672. The van der Waals surface area contributed by atoms with Gasteiger partial charge in [-0.25, -0.2) is 15.0 Å². The van der Waals surface area contributed by atoms with Crippen LogP contribution in [0.25, 0.3) is 11.2 Å². The Morgan fingerprint density at radius 2 is 2.03 bits per heavy atom. The lowest BCUT2D eigenvalue weighted by Gasteiger charge is -2.38. The van der Waals surface area contributed by atoms with E-state index in [1.54, 1.807) is 18.2 Å². The third kappa shape index (κ3) is 2.57. The van der Waals surface area contributed by atoms with Crippen molar-refractivity contribution < 1.29 is 28.7 Å². The van der Waals surface area contributed by atoms with Crippen LogP contribution in [0.3, 0.4) is 0 Å². The molecule has 3 heterocycles. The van der Waals surface area contributed by atoms with Crippen LogP contribution in [0.1, 0.15) is 10.4 Å². The second-order valence-electron chi connectivity index (χ2n) is 6.44. The van der Waals surface area contributed by atoms with Gasteiger partial charge < -0.3 is 25.8 Å². The van der Waals surface area contributed by atoms with Gasteiger partial charge >= 0.3 is 0 Å². The lowest BCUT2D eigenvalue weighted by atomic mass is 9.92. The van der Waals surface area contributed by atoms with Crippen molar-refractivity contribution in [1.29, 1.82) is 0 Å². The standard InChI is InChI=1S/C17H16FN5O5S/c18-29-17(27)13(26)10(6-24)28-16(17,12(25)9-4-2-1-3-5-9)23-8-22-11-14(19)20-7-21-15(11)23/h1-5,7-8,10,13,24,26-27H,6H2,(H2,19,20,21)/t10-,13-,16-,17+/m1/s1. The number of aliphatic hydroxyl groups is 3. The number of aliphatic hydroxyl groups excluding tert-OH is 2. The van der Waals surface area contributed by atoms with E-state index in [1.807, 2.05) is 0 Å². The molecule has 12 heteroatoms. The molecule has 29 heavy (non-hydrogen) atoms. The molecular weight excluding hydrogens is 405 g/mol. The molecule has 4 atom stereocenters. The molecule has 10 nitrogen and oxygen atoms in total. The number of nitrogen functional groups attached to an aromatic ring is 1. The van der Waals surface area contributed by atoms with Gasteiger partial charge in [0.25, 0.3) is 5.72 Å². The molecule has 0 unspecified atom stereocenters. The highest BCUT2D eigenvalue weighted by Gasteiger charge is 2.72. The first-order valence-electron chi connectivity index (χ1n) is 8.43. The summed E-state index contributed by atoms with van der Waals surface area (Å²) in [6.07, 6.45) is -1.23. The van der Waals surface area contributed by atoms with E-state index in [2.05, 4.69) is 15.0 Å². The quantitative estimate of drug-likeness (QED) is 0.327. The normalized spacial score (nSPS) is 29.4. The van der Waals surface area contributed by atoms with E-state index in [0.717, 1.165) is 17.2 Å². The highest BCUT2D eigenvalue weighted by molar-refractivity contribution is 7.95. The number of carbonyl (C=O) groups excluding carboxylic acids is 1. The molecule has 5 N–H and O–H groups in total. The summed E-state index contributed by atoms with van der Waals surface area (Å²) < 4.78 is 20.9. The van der Waals surface area contributed by atoms with Crippen molar-refractivity contribution in [2.24, 2.45) is 0 Å². The zero-order valence-electron chi connectivity index (χ0n) is 14.7. The minimum absolute atomic E-state index is 0.00949. The van der Waals surface area contributed by atoms with Gasteiger partial charge in [0.05, 0.1) is 18.8 Å². The van der Waals surface area contributed by atoms with Crippen LogP contribution in [0, 0.1) is 0 Å². The highest BCUT2D eigenvalue weighted by Crippen LogP contribution is 2.53. The molecule has 1 saturated heterocycles. The third-order valence-electron chi connectivity index (χ3n) is 4.90. The van der Waals surface area contributed by atoms with Gasteiger partial charge in [-0.3, -0.25) is 9.36 Å². The van der Waals surface area contributed by atoms with E-state index in [-0.39, 0.29) is 22.5 Å². The summed E-state index contributed by atoms with van der Waals surface area (Å²) in [5.74, 6) is -0.887. The Bertz CT molecular complexity index is 1070. The number of nitrogens with two attached hydrogens (primary N) is 1. The molecule has 0 saturated carbocycles. The van der Waals surface area contributed by atoms with Crippen LogP contribution in [0.2, 0.25) is 0 Å². The second kappa shape index (κ2) is 7.00. The van der Waals surface area contributed by atoms with E-state index in [4.69, 9.17) is 10.5 Å². The largest absolute Gasteiger partial charge is 0.394 e. The van der Waals surface area contributed by atoms with Gasteiger partial charge in [0.1, 0.15) is 30.4 Å². The average molecular weight is 421 g/mol. The number of anilines is 1. The maximum Gasteiger partial charge on any atom is 0.257 e. The molecule has 0 radical (unpaired) electrons. The summed E-state index contributed by atoms with van der Waals surface area (Å²) in [4.78, 5) is 22.7. The second-order valence-corrected chi connectivity index (χ2v) is 7.22.